The predicted molar refractivity (Wildman–Crippen MR) is 134 cm³/mol. The first-order chi connectivity index (χ1) is 16.8. The first kappa shape index (κ1) is 24.6. The molecule has 0 aliphatic carbocycles. The summed E-state index contributed by atoms with van der Waals surface area (Å²) in [7, 11) is 3.17. The van der Waals surface area contributed by atoms with E-state index in [1.807, 2.05) is 36.3 Å². The SMILES string of the molecule is COc1ccc(C(C)NC(=O)CCN2C=CN3NC(c4ccc(C)c(C)c4)CC3C2=O)cc1OC. The predicted octanol–water partition coefficient (Wildman–Crippen LogP) is 3.52. The van der Waals surface area contributed by atoms with Gasteiger partial charge in [-0.2, -0.15) is 0 Å². The van der Waals surface area contributed by atoms with E-state index in [4.69, 9.17) is 9.47 Å². The van der Waals surface area contributed by atoms with Crippen LogP contribution in [-0.4, -0.2) is 48.5 Å². The summed E-state index contributed by atoms with van der Waals surface area (Å²) in [5.41, 5.74) is 8.02. The molecule has 0 saturated carbocycles. The number of benzene rings is 2. The van der Waals surface area contributed by atoms with Gasteiger partial charge >= 0.3 is 0 Å². The van der Waals surface area contributed by atoms with Gasteiger partial charge in [0.05, 0.1) is 26.3 Å². The van der Waals surface area contributed by atoms with Crippen LogP contribution >= 0.6 is 0 Å². The van der Waals surface area contributed by atoms with Crippen LogP contribution in [0.4, 0.5) is 0 Å². The highest BCUT2D eigenvalue weighted by Gasteiger charge is 2.40. The minimum Gasteiger partial charge on any atom is -0.493 e. The van der Waals surface area contributed by atoms with Crippen molar-refractivity contribution in [2.45, 2.75) is 51.7 Å². The number of amides is 2. The third-order valence-electron chi connectivity index (χ3n) is 6.87. The minimum absolute atomic E-state index is 0.00655. The fraction of sp³-hybridized carbons (Fsp3) is 0.407. The Bertz CT molecular complexity index is 1130. The van der Waals surface area contributed by atoms with Gasteiger partial charge in [-0.25, -0.2) is 5.43 Å². The highest BCUT2D eigenvalue weighted by Crippen LogP contribution is 2.32. The van der Waals surface area contributed by atoms with E-state index >= 15 is 0 Å². The van der Waals surface area contributed by atoms with Gasteiger partial charge in [0.1, 0.15) is 6.04 Å². The fourth-order valence-corrected chi connectivity index (χ4v) is 4.56. The molecule has 0 aromatic heterocycles. The summed E-state index contributed by atoms with van der Waals surface area (Å²) < 4.78 is 10.6. The van der Waals surface area contributed by atoms with E-state index in [-0.39, 0.29) is 36.4 Å². The van der Waals surface area contributed by atoms with Crippen LogP contribution in [0.3, 0.4) is 0 Å². The van der Waals surface area contributed by atoms with Crippen molar-refractivity contribution in [1.29, 1.82) is 0 Å². The van der Waals surface area contributed by atoms with Crippen LogP contribution in [-0.2, 0) is 9.59 Å². The highest BCUT2D eigenvalue weighted by molar-refractivity contribution is 5.85. The number of carbonyl (C=O) groups is 2. The maximum atomic E-state index is 13.1. The number of aryl methyl sites for hydroxylation is 2. The molecule has 8 nitrogen and oxygen atoms in total. The Labute approximate surface area is 206 Å². The van der Waals surface area contributed by atoms with Crippen molar-refractivity contribution in [2.24, 2.45) is 0 Å². The minimum atomic E-state index is -0.277. The molecule has 0 spiro atoms. The summed E-state index contributed by atoms with van der Waals surface area (Å²) in [5.74, 6) is 1.14. The third kappa shape index (κ3) is 5.27. The smallest absolute Gasteiger partial charge is 0.250 e. The molecule has 2 amide bonds. The zero-order valence-electron chi connectivity index (χ0n) is 21.0. The van der Waals surface area contributed by atoms with E-state index in [1.54, 1.807) is 25.3 Å². The number of carbonyl (C=O) groups excluding carboxylic acids is 2. The molecule has 3 atom stereocenters. The molecule has 4 rings (SSSR count). The molecule has 2 aromatic rings. The fourth-order valence-electron chi connectivity index (χ4n) is 4.56. The standard InChI is InChI=1S/C27H34N4O4/c1-17-6-7-21(14-18(17)2)22-16-23-27(33)30(12-13-31(23)29-22)11-10-26(32)28-19(3)20-8-9-24(34-4)25(15-20)35-5/h6-9,12-15,19,22-23,29H,10-11,16H2,1-5H3,(H,28,32). The second kappa shape index (κ2) is 10.4. The van der Waals surface area contributed by atoms with E-state index in [2.05, 4.69) is 42.8 Å². The largest absolute Gasteiger partial charge is 0.493 e. The maximum absolute atomic E-state index is 13.1. The van der Waals surface area contributed by atoms with Gasteiger partial charge in [0.2, 0.25) is 5.91 Å². The quantitative estimate of drug-likeness (QED) is 0.604. The Hall–Kier alpha value is -3.52. The maximum Gasteiger partial charge on any atom is 0.250 e. The number of rotatable bonds is 8. The molecule has 0 bridgehead atoms. The zero-order chi connectivity index (χ0) is 25.1. The number of nitrogens with one attached hydrogen (secondary N) is 2. The van der Waals surface area contributed by atoms with E-state index in [0.717, 1.165) is 5.56 Å². The van der Waals surface area contributed by atoms with Gasteiger partial charge in [0.15, 0.2) is 11.5 Å². The van der Waals surface area contributed by atoms with E-state index in [9.17, 15) is 9.59 Å². The van der Waals surface area contributed by atoms with Crippen LogP contribution in [0, 0.1) is 13.8 Å². The number of hydrogen-bond acceptors (Lipinski definition) is 6. The normalized spacial score (nSPS) is 20.0. The Kier molecular flexibility index (Phi) is 7.31. The molecule has 2 N–H and O–H groups in total. The van der Waals surface area contributed by atoms with Crippen molar-refractivity contribution < 1.29 is 19.1 Å². The molecule has 1 fully saturated rings. The lowest BCUT2D eigenvalue weighted by atomic mass is 9.97. The second-order valence-corrected chi connectivity index (χ2v) is 9.17. The van der Waals surface area contributed by atoms with Gasteiger partial charge in [0, 0.05) is 25.4 Å². The number of hydrogen-bond donors (Lipinski definition) is 2. The summed E-state index contributed by atoms with van der Waals surface area (Å²) >= 11 is 0. The average Bonchev–Trinajstić information content (AvgIpc) is 3.30. The van der Waals surface area contributed by atoms with Crippen LogP contribution in [0.15, 0.2) is 48.8 Å². The monoisotopic (exact) mass is 478 g/mol. The molecular formula is C27H34N4O4. The van der Waals surface area contributed by atoms with Gasteiger partial charge in [0.25, 0.3) is 5.91 Å². The topological polar surface area (TPSA) is 83.1 Å². The van der Waals surface area contributed by atoms with Crippen molar-refractivity contribution in [3.63, 3.8) is 0 Å². The van der Waals surface area contributed by atoms with Crippen molar-refractivity contribution in [3.8, 4) is 11.5 Å². The summed E-state index contributed by atoms with van der Waals surface area (Å²) in [6.07, 6.45) is 4.54. The molecule has 8 heteroatoms. The summed E-state index contributed by atoms with van der Waals surface area (Å²) in [5, 5.41) is 4.89. The van der Waals surface area contributed by atoms with Gasteiger partial charge in [-0.1, -0.05) is 24.3 Å². The molecule has 186 valence electrons. The number of nitrogens with zero attached hydrogens (tertiary/aromatic N) is 2. The molecule has 2 aromatic carbocycles. The lowest BCUT2D eigenvalue weighted by Gasteiger charge is -2.31. The van der Waals surface area contributed by atoms with Crippen LogP contribution in [0.5, 0.6) is 11.5 Å². The number of methoxy groups -OCH3 is 2. The molecule has 2 aliphatic rings. The van der Waals surface area contributed by atoms with E-state index in [1.165, 1.54) is 16.7 Å². The molecular weight excluding hydrogens is 444 g/mol. The van der Waals surface area contributed by atoms with Crippen molar-refractivity contribution >= 4 is 11.8 Å². The number of hydrazine groups is 1. The van der Waals surface area contributed by atoms with Crippen molar-refractivity contribution in [3.05, 3.63) is 71.1 Å². The van der Waals surface area contributed by atoms with Crippen molar-refractivity contribution in [2.75, 3.05) is 20.8 Å². The Morgan fingerprint density at radius 3 is 2.57 bits per heavy atom. The molecule has 2 aliphatic heterocycles. The first-order valence-electron chi connectivity index (χ1n) is 11.9. The number of ether oxygens (including phenoxy) is 2. The van der Waals surface area contributed by atoms with Crippen LogP contribution in [0.2, 0.25) is 0 Å². The first-order valence-corrected chi connectivity index (χ1v) is 11.9. The summed E-state index contributed by atoms with van der Waals surface area (Å²) in [6.45, 7) is 6.45. The van der Waals surface area contributed by atoms with E-state index in [0.29, 0.717) is 24.5 Å². The van der Waals surface area contributed by atoms with Crippen LogP contribution in [0.25, 0.3) is 0 Å². The molecule has 3 unspecified atom stereocenters. The second-order valence-electron chi connectivity index (χ2n) is 9.17. The Morgan fingerprint density at radius 1 is 1.09 bits per heavy atom. The van der Waals surface area contributed by atoms with E-state index < -0.39 is 0 Å². The van der Waals surface area contributed by atoms with Crippen molar-refractivity contribution in [1.82, 2.24) is 20.7 Å². The lowest BCUT2D eigenvalue weighted by Crippen LogP contribution is -2.48. The Balaban J connectivity index is 1.31. The molecule has 1 saturated heterocycles. The van der Waals surface area contributed by atoms with Gasteiger partial charge in [-0.15, -0.1) is 0 Å². The third-order valence-corrected chi connectivity index (χ3v) is 6.87. The average molecular weight is 479 g/mol. The molecule has 0 radical (unpaired) electrons. The number of fused-ring (bicyclic) bond motifs is 1. The Morgan fingerprint density at radius 2 is 1.86 bits per heavy atom. The summed E-state index contributed by atoms with van der Waals surface area (Å²) in [6, 6.07) is 11.6. The molecule has 35 heavy (non-hydrogen) atoms. The van der Waals surface area contributed by atoms with Crippen LogP contribution in [0.1, 0.15) is 54.1 Å². The zero-order valence-corrected chi connectivity index (χ0v) is 21.0. The lowest BCUT2D eigenvalue weighted by molar-refractivity contribution is -0.134. The van der Waals surface area contributed by atoms with Gasteiger partial charge in [-0.05, 0) is 61.6 Å². The van der Waals surface area contributed by atoms with Gasteiger partial charge < -0.3 is 24.7 Å². The van der Waals surface area contributed by atoms with Gasteiger partial charge in [-0.3, -0.25) is 9.59 Å². The molecule has 2 heterocycles. The summed E-state index contributed by atoms with van der Waals surface area (Å²) in [4.78, 5) is 27.4. The highest BCUT2D eigenvalue weighted by atomic mass is 16.5. The van der Waals surface area contributed by atoms with Crippen LogP contribution < -0.4 is 20.2 Å².